The fourth-order valence-electron chi connectivity index (χ4n) is 2.04. The molecule has 3 heteroatoms. The third-order valence-corrected chi connectivity index (χ3v) is 3.07. The Morgan fingerprint density at radius 3 is 2.53 bits per heavy atom. The van der Waals surface area contributed by atoms with Gasteiger partial charge in [-0.15, -0.1) is 0 Å². The Morgan fingerprint density at radius 2 is 1.93 bits per heavy atom. The maximum atomic E-state index is 14.5. The van der Waals surface area contributed by atoms with Gasteiger partial charge in [0, 0.05) is 0 Å². The summed E-state index contributed by atoms with van der Waals surface area (Å²) >= 11 is 0. The molecule has 0 spiro atoms. The Kier molecular flexibility index (Phi) is 2.74. The van der Waals surface area contributed by atoms with E-state index in [-0.39, 0.29) is 5.82 Å². The molecule has 0 saturated carbocycles. The van der Waals surface area contributed by atoms with E-state index in [2.05, 4.69) is 5.32 Å². The van der Waals surface area contributed by atoms with Crippen molar-refractivity contribution in [3.63, 3.8) is 0 Å². The van der Waals surface area contributed by atoms with E-state index in [1.54, 1.807) is 19.1 Å². The minimum Gasteiger partial charge on any atom is -0.316 e. The van der Waals surface area contributed by atoms with Gasteiger partial charge in [-0.2, -0.15) is 0 Å². The van der Waals surface area contributed by atoms with Gasteiger partial charge in [0.25, 0.3) is 0 Å². The van der Waals surface area contributed by atoms with Crippen molar-refractivity contribution in [3.05, 3.63) is 35.1 Å². The number of alkyl halides is 1. The van der Waals surface area contributed by atoms with Crippen molar-refractivity contribution in [2.45, 2.75) is 25.4 Å². The van der Waals surface area contributed by atoms with E-state index in [0.29, 0.717) is 37.1 Å². The molecule has 1 aromatic carbocycles. The summed E-state index contributed by atoms with van der Waals surface area (Å²) in [6.07, 6.45) is 0.941. The van der Waals surface area contributed by atoms with Crippen LogP contribution in [-0.2, 0) is 5.67 Å². The zero-order valence-electron chi connectivity index (χ0n) is 8.82. The van der Waals surface area contributed by atoms with Crippen LogP contribution in [0.3, 0.4) is 0 Å². The van der Waals surface area contributed by atoms with Crippen LogP contribution in [0.4, 0.5) is 8.78 Å². The number of hydrogen-bond donors (Lipinski definition) is 1. The second-order valence-electron chi connectivity index (χ2n) is 4.18. The topological polar surface area (TPSA) is 12.0 Å². The monoisotopic (exact) mass is 211 g/mol. The summed E-state index contributed by atoms with van der Waals surface area (Å²) in [5.74, 6) is -0.267. The van der Waals surface area contributed by atoms with Crippen LogP contribution >= 0.6 is 0 Å². The number of aryl methyl sites for hydroxylation is 1. The van der Waals surface area contributed by atoms with Gasteiger partial charge >= 0.3 is 0 Å². The van der Waals surface area contributed by atoms with Gasteiger partial charge in [-0.1, -0.05) is 6.07 Å². The average Bonchev–Trinajstić information content (AvgIpc) is 2.23. The lowest BCUT2D eigenvalue weighted by Gasteiger charge is -2.30. The average molecular weight is 211 g/mol. The summed E-state index contributed by atoms with van der Waals surface area (Å²) in [7, 11) is 0. The second-order valence-corrected chi connectivity index (χ2v) is 4.18. The van der Waals surface area contributed by atoms with Gasteiger partial charge in [0.15, 0.2) is 0 Å². The first kappa shape index (κ1) is 10.6. The minimum atomic E-state index is -1.27. The Labute approximate surface area is 88.5 Å². The first-order chi connectivity index (χ1) is 7.12. The molecule has 0 radical (unpaired) electrons. The third kappa shape index (κ3) is 2.02. The molecule has 0 aromatic heterocycles. The van der Waals surface area contributed by atoms with Gasteiger partial charge in [0.05, 0.1) is 0 Å². The van der Waals surface area contributed by atoms with Crippen molar-refractivity contribution in [1.82, 2.24) is 5.32 Å². The summed E-state index contributed by atoms with van der Waals surface area (Å²) in [5, 5.41) is 3.12. The summed E-state index contributed by atoms with van der Waals surface area (Å²) in [4.78, 5) is 0. The van der Waals surface area contributed by atoms with E-state index in [9.17, 15) is 8.78 Å². The fraction of sp³-hybridized carbons (Fsp3) is 0.500. The number of nitrogens with one attached hydrogen (secondary N) is 1. The first-order valence-electron chi connectivity index (χ1n) is 5.28. The molecule has 15 heavy (non-hydrogen) atoms. The van der Waals surface area contributed by atoms with Gasteiger partial charge < -0.3 is 5.32 Å². The molecule has 1 aliphatic heterocycles. The molecule has 1 aromatic rings. The molecule has 0 unspecified atom stereocenters. The summed E-state index contributed by atoms with van der Waals surface area (Å²) < 4.78 is 27.5. The molecule has 82 valence electrons. The minimum absolute atomic E-state index is 0.267. The summed E-state index contributed by atoms with van der Waals surface area (Å²) in [6.45, 7) is 3.04. The van der Waals surface area contributed by atoms with Crippen molar-refractivity contribution >= 4 is 0 Å². The van der Waals surface area contributed by atoms with Gasteiger partial charge in [0.2, 0.25) is 0 Å². The number of rotatable bonds is 1. The van der Waals surface area contributed by atoms with E-state index in [1.807, 2.05) is 0 Å². The molecule has 0 bridgehead atoms. The fourth-order valence-corrected chi connectivity index (χ4v) is 2.04. The zero-order chi connectivity index (χ0) is 10.9. The normalized spacial score (nSPS) is 20.2. The Hall–Kier alpha value is -0.960. The number of piperidine rings is 1. The van der Waals surface area contributed by atoms with Gasteiger partial charge in [-0.3, -0.25) is 0 Å². The molecule has 1 saturated heterocycles. The molecular weight excluding hydrogens is 196 g/mol. The van der Waals surface area contributed by atoms with E-state index in [1.165, 1.54) is 6.07 Å². The summed E-state index contributed by atoms with van der Waals surface area (Å²) in [5.41, 5.74) is -0.144. The number of benzene rings is 1. The maximum absolute atomic E-state index is 14.5. The molecule has 0 atom stereocenters. The first-order valence-corrected chi connectivity index (χ1v) is 5.28. The van der Waals surface area contributed by atoms with Crippen LogP contribution in [0.5, 0.6) is 0 Å². The molecule has 1 N–H and O–H groups in total. The highest BCUT2D eigenvalue weighted by Crippen LogP contribution is 2.35. The Balaban J connectivity index is 2.31. The molecule has 0 amide bonds. The highest BCUT2D eigenvalue weighted by molar-refractivity contribution is 5.29. The van der Waals surface area contributed by atoms with Crippen molar-refractivity contribution in [2.24, 2.45) is 0 Å². The predicted octanol–water partition coefficient (Wildman–Crippen LogP) is 2.68. The highest BCUT2D eigenvalue weighted by Gasteiger charge is 2.33. The molecule has 1 heterocycles. The van der Waals surface area contributed by atoms with E-state index < -0.39 is 5.67 Å². The van der Waals surface area contributed by atoms with Crippen molar-refractivity contribution in [2.75, 3.05) is 13.1 Å². The second kappa shape index (κ2) is 3.89. The van der Waals surface area contributed by atoms with Crippen molar-refractivity contribution < 1.29 is 8.78 Å². The molecular formula is C12H15F2N. The maximum Gasteiger partial charge on any atom is 0.138 e. The largest absolute Gasteiger partial charge is 0.316 e. The molecule has 1 aliphatic rings. The molecule has 1 fully saturated rings. The molecule has 0 aliphatic carbocycles. The third-order valence-electron chi connectivity index (χ3n) is 3.07. The highest BCUT2D eigenvalue weighted by atomic mass is 19.1. The van der Waals surface area contributed by atoms with Crippen LogP contribution < -0.4 is 5.32 Å². The lowest BCUT2D eigenvalue weighted by Crippen LogP contribution is -2.36. The van der Waals surface area contributed by atoms with Crippen LogP contribution in [0.2, 0.25) is 0 Å². The van der Waals surface area contributed by atoms with Crippen LogP contribution in [0.1, 0.15) is 24.0 Å². The quantitative estimate of drug-likeness (QED) is 0.753. The van der Waals surface area contributed by atoms with Crippen LogP contribution in [0.15, 0.2) is 18.2 Å². The lowest BCUT2D eigenvalue weighted by molar-refractivity contribution is 0.115. The van der Waals surface area contributed by atoms with E-state index in [0.717, 1.165) is 0 Å². The number of hydrogen-bond acceptors (Lipinski definition) is 1. The SMILES string of the molecule is Cc1cc(C2(F)CCNCC2)ccc1F. The molecule has 2 rings (SSSR count). The lowest BCUT2D eigenvalue weighted by atomic mass is 9.86. The molecule has 1 nitrogen and oxygen atoms in total. The zero-order valence-corrected chi connectivity index (χ0v) is 8.82. The van der Waals surface area contributed by atoms with Gasteiger partial charge in [0.1, 0.15) is 11.5 Å². The van der Waals surface area contributed by atoms with E-state index >= 15 is 0 Å². The van der Waals surface area contributed by atoms with Crippen molar-refractivity contribution in [3.8, 4) is 0 Å². The van der Waals surface area contributed by atoms with Crippen LogP contribution in [0, 0.1) is 12.7 Å². The number of halogens is 2. The van der Waals surface area contributed by atoms with Gasteiger partial charge in [-0.05, 0) is 56.1 Å². The smallest absolute Gasteiger partial charge is 0.138 e. The van der Waals surface area contributed by atoms with E-state index in [4.69, 9.17) is 0 Å². The Morgan fingerprint density at radius 1 is 1.27 bits per heavy atom. The predicted molar refractivity (Wildman–Crippen MR) is 56.0 cm³/mol. The summed E-state index contributed by atoms with van der Waals surface area (Å²) in [6, 6.07) is 4.54. The van der Waals surface area contributed by atoms with Crippen molar-refractivity contribution in [1.29, 1.82) is 0 Å². The Bertz CT molecular complexity index is 357. The van der Waals surface area contributed by atoms with Gasteiger partial charge in [-0.25, -0.2) is 8.78 Å². The standard InChI is InChI=1S/C12H15F2N/c1-9-8-10(2-3-11(9)13)12(14)4-6-15-7-5-12/h2-3,8,15H,4-7H2,1H3. The van der Waals surface area contributed by atoms with Crippen LogP contribution in [0.25, 0.3) is 0 Å². The van der Waals surface area contributed by atoms with Crippen LogP contribution in [-0.4, -0.2) is 13.1 Å².